The van der Waals surface area contributed by atoms with Gasteiger partial charge < -0.3 is 5.73 Å². The van der Waals surface area contributed by atoms with E-state index in [-0.39, 0.29) is 0 Å². The van der Waals surface area contributed by atoms with E-state index >= 15 is 0 Å². The van der Waals surface area contributed by atoms with Gasteiger partial charge in [0.2, 0.25) is 0 Å². The lowest BCUT2D eigenvalue weighted by atomic mass is 9.73. The highest BCUT2D eigenvalue weighted by atomic mass is 19.4. The molecule has 2 aromatic carbocycles. The summed E-state index contributed by atoms with van der Waals surface area (Å²) in [7, 11) is 0. The minimum Gasteiger partial charge on any atom is -0.318 e. The van der Waals surface area contributed by atoms with Crippen LogP contribution in [0.3, 0.4) is 0 Å². The molecule has 0 aromatic heterocycles. The van der Waals surface area contributed by atoms with E-state index in [1.165, 1.54) is 12.1 Å². The van der Waals surface area contributed by atoms with Crippen molar-refractivity contribution < 1.29 is 13.2 Å². The maximum atomic E-state index is 12.9. The molecule has 1 nitrogen and oxygen atoms in total. The first-order valence-corrected chi connectivity index (χ1v) is 6.96. The van der Waals surface area contributed by atoms with Gasteiger partial charge in [-0.15, -0.1) is 0 Å². The fourth-order valence-electron chi connectivity index (χ4n) is 3.14. The standard InChI is InChI=1S/C17H16F3N/c18-17(19,20)14-8-3-7-13(11-14)16(21)10-4-6-12-5-1-2-9-15(12)16/h1-3,5,7-9,11H,4,6,10,21H2. The van der Waals surface area contributed by atoms with Gasteiger partial charge in [-0.1, -0.05) is 36.4 Å². The number of aryl methyl sites for hydroxylation is 1. The third-order valence-electron chi connectivity index (χ3n) is 4.22. The maximum Gasteiger partial charge on any atom is 0.416 e. The fourth-order valence-corrected chi connectivity index (χ4v) is 3.14. The third-order valence-corrected chi connectivity index (χ3v) is 4.22. The summed E-state index contributed by atoms with van der Waals surface area (Å²) in [6, 6.07) is 13.2. The Bertz CT molecular complexity index is 663. The van der Waals surface area contributed by atoms with Crippen LogP contribution >= 0.6 is 0 Å². The first-order valence-electron chi connectivity index (χ1n) is 6.96. The van der Waals surface area contributed by atoms with Crippen LogP contribution in [0.4, 0.5) is 13.2 Å². The van der Waals surface area contributed by atoms with Crippen molar-refractivity contribution in [1.29, 1.82) is 0 Å². The Morgan fingerprint density at radius 2 is 1.76 bits per heavy atom. The zero-order valence-corrected chi connectivity index (χ0v) is 11.5. The molecule has 110 valence electrons. The minimum atomic E-state index is -4.35. The number of hydrogen-bond donors (Lipinski definition) is 1. The van der Waals surface area contributed by atoms with Gasteiger partial charge in [0.15, 0.2) is 0 Å². The van der Waals surface area contributed by atoms with E-state index in [4.69, 9.17) is 5.73 Å². The van der Waals surface area contributed by atoms with E-state index in [0.29, 0.717) is 12.0 Å². The zero-order chi connectivity index (χ0) is 15.1. The second-order valence-electron chi connectivity index (χ2n) is 5.56. The molecule has 1 atom stereocenters. The Morgan fingerprint density at radius 1 is 1.00 bits per heavy atom. The van der Waals surface area contributed by atoms with Crippen LogP contribution < -0.4 is 5.73 Å². The van der Waals surface area contributed by atoms with Crippen LogP contribution in [0, 0.1) is 0 Å². The SMILES string of the molecule is NC1(c2cccc(C(F)(F)F)c2)CCCc2ccccc21. The normalized spacial score (nSPS) is 21.9. The van der Waals surface area contributed by atoms with Crippen molar-refractivity contribution >= 4 is 0 Å². The highest BCUT2D eigenvalue weighted by molar-refractivity contribution is 5.45. The Morgan fingerprint density at radius 3 is 2.52 bits per heavy atom. The maximum absolute atomic E-state index is 12.9. The molecule has 21 heavy (non-hydrogen) atoms. The monoisotopic (exact) mass is 291 g/mol. The van der Waals surface area contributed by atoms with Crippen molar-refractivity contribution in [2.45, 2.75) is 31.0 Å². The molecule has 0 fully saturated rings. The number of alkyl halides is 3. The molecule has 1 aliphatic carbocycles. The molecule has 0 saturated carbocycles. The average Bonchev–Trinajstić information content (AvgIpc) is 2.47. The summed E-state index contributed by atoms with van der Waals surface area (Å²) in [5.41, 5.74) is 7.65. The van der Waals surface area contributed by atoms with Crippen molar-refractivity contribution in [3.63, 3.8) is 0 Å². The predicted molar refractivity (Wildman–Crippen MR) is 75.8 cm³/mol. The van der Waals surface area contributed by atoms with Gasteiger partial charge in [-0.05, 0) is 48.1 Å². The van der Waals surface area contributed by atoms with Gasteiger partial charge in [-0.25, -0.2) is 0 Å². The van der Waals surface area contributed by atoms with Crippen LogP contribution in [0.2, 0.25) is 0 Å². The highest BCUT2D eigenvalue weighted by Gasteiger charge is 2.37. The molecule has 0 amide bonds. The Kier molecular flexibility index (Phi) is 3.29. The number of hydrogen-bond acceptors (Lipinski definition) is 1. The first kappa shape index (κ1) is 14.1. The fraction of sp³-hybridized carbons (Fsp3) is 0.294. The van der Waals surface area contributed by atoms with E-state index in [1.54, 1.807) is 6.07 Å². The van der Waals surface area contributed by atoms with E-state index in [1.807, 2.05) is 24.3 Å². The predicted octanol–water partition coefficient (Wildman–Crippen LogP) is 4.24. The van der Waals surface area contributed by atoms with Crippen LogP contribution in [-0.4, -0.2) is 0 Å². The summed E-state index contributed by atoms with van der Waals surface area (Å²) in [5.74, 6) is 0. The number of rotatable bonds is 1. The summed E-state index contributed by atoms with van der Waals surface area (Å²) in [4.78, 5) is 0. The van der Waals surface area contributed by atoms with E-state index in [2.05, 4.69) is 0 Å². The van der Waals surface area contributed by atoms with Crippen molar-refractivity contribution in [2.75, 3.05) is 0 Å². The molecule has 2 aromatic rings. The average molecular weight is 291 g/mol. The second kappa shape index (κ2) is 4.88. The van der Waals surface area contributed by atoms with Gasteiger partial charge in [-0.2, -0.15) is 13.2 Å². The molecule has 0 saturated heterocycles. The van der Waals surface area contributed by atoms with Gasteiger partial charge in [0.05, 0.1) is 11.1 Å². The van der Waals surface area contributed by atoms with E-state index in [9.17, 15) is 13.2 Å². The van der Waals surface area contributed by atoms with E-state index in [0.717, 1.165) is 30.0 Å². The second-order valence-corrected chi connectivity index (χ2v) is 5.56. The number of benzene rings is 2. The van der Waals surface area contributed by atoms with Gasteiger partial charge in [0, 0.05) is 0 Å². The number of fused-ring (bicyclic) bond motifs is 1. The van der Waals surface area contributed by atoms with Gasteiger partial charge in [0.25, 0.3) is 0 Å². The highest BCUT2D eigenvalue weighted by Crippen LogP contribution is 2.40. The molecule has 0 spiro atoms. The Labute approximate surface area is 121 Å². The van der Waals surface area contributed by atoms with Crippen molar-refractivity contribution in [3.8, 4) is 0 Å². The summed E-state index contributed by atoms with van der Waals surface area (Å²) in [6.45, 7) is 0. The lowest BCUT2D eigenvalue weighted by Gasteiger charge is -2.36. The van der Waals surface area contributed by atoms with Gasteiger partial charge in [0.1, 0.15) is 0 Å². The molecule has 0 radical (unpaired) electrons. The lowest BCUT2D eigenvalue weighted by Crippen LogP contribution is -2.41. The first-order chi connectivity index (χ1) is 9.91. The summed E-state index contributed by atoms with van der Waals surface area (Å²) in [6.07, 6.45) is -1.89. The van der Waals surface area contributed by atoms with Gasteiger partial charge in [-0.3, -0.25) is 0 Å². The van der Waals surface area contributed by atoms with Crippen molar-refractivity contribution in [2.24, 2.45) is 5.73 Å². The quantitative estimate of drug-likeness (QED) is 0.835. The Hall–Kier alpha value is -1.81. The smallest absolute Gasteiger partial charge is 0.318 e. The molecular weight excluding hydrogens is 275 g/mol. The number of nitrogens with two attached hydrogens (primary N) is 1. The molecule has 0 bridgehead atoms. The molecule has 1 unspecified atom stereocenters. The summed E-state index contributed by atoms with van der Waals surface area (Å²) < 4.78 is 38.7. The topological polar surface area (TPSA) is 26.0 Å². The van der Waals surface area contributed by atoms with Crippen LogP contribution in [-0.2, 0) is 18.1 Å². The van der Waals surface area contributed by atoms with Gasteiger partial charge >= 0.3 is 6.18 Å². The molecule has 4 heteroatoms. The summed E-state index contributed by atoms with van der Waals surface area (Å²) in [5, 5.41) is 0. The molecule has 1 aliphatic rings. The Balaban J connectivity index is 2.12. The largest absolute Gasteiger partial charge is 0.416 e. The van der Waals surface area contributed by atoms with Crippen LogP contribution in [0.1, 0.15) is 35.1 Å². The molecule has 0 heterocycles. The minimum absolute atomic E-state index is 0.532. The van der Waals surface area contributed by atoms with E-state index < -0.39 is 17.3 Å². The zero-order valence-electron chi connectivity index (χ0n) is 11.5. The molecule has 0 aliphatic heterocycles. The molecule has 2 N–H and O–H groups in total. The molecular formula is C17H16F3N. The van der Waals surface area contributed by atoms with Crippen molar-refractivity contribution in [1.82, 2.24) is 0 Å². The molecule has 3 rings (SSSR count). The van der Waals surface area contributed by atoms with Crippen LogP contribution in [0.5, 0.6) is 0 Å². The van der Waals surface area contributed by atoms with Crippen molar-refractivity contribution in [3.05, 3.63) is 70.8 Å². The summed E-state index contributed by atoms with van der Waals surface area (Å²) >= 11 is 0. The van der Waals surface area contributed by atoms with Crippen LogP contribution in [0.25, 0.3) is 0 Å². The third kappa shape index (κ3) is 2.44. The number of halogens is 3. The lowest BCUT2D eigenvalue weighted by molar-refractivity contribution is -0.137. The van der Waals surface area contributed by atoms with Crippen LogP contribution in [0.15, 0.2) is 48.5 Å².